The number of carbonyl (C=O) groups is 1. The Morgan fingerprint density at radius 1 is 0.328 bits per heavy atom. The molecule has 0 radical (unpaired) electrons. The molecule has 8 fully saturated rings. The SMILES string of the molecule is CC(C)(C)C(=O)O[C@H]1[C@H](OCc2ccccc2)O[C@H](COCc2ccccc2)[C@@H](O[C@@H]2O[C@H](COCc3ccccc3)[C@H](O[C@H]3O[C@@H]4CO[C@H](c5ccccc5)O[C@@H]4[C@H](O[C@@H]4O[C@@H]5CO[C@H](c6ccccc6)O[C@@H]5[C@H](O[C@@H]5O[C@@H]6CO[C@H](c7ccccc7)O[C@@H]6[C@H](O)[C@H]5O)[C@H]4N=[N+]=[N-])[C@H]3OCc3ccccc3)[C@H](OCc3ccccc3)[C@H]2OCc2ccccc2)[C@@H]1OCc1ccccc1. The second kappa shape index (κ2) is 45.8. The van der Waals surface area contributed by atoms with Gasteiger partial charge in [-0.05, 0) is 65.2 Å². The normalized spacial score (nSPS) is 32.0. The van der Waals surface area contributed by atoms with Crippen LogP contribution in [0.2, 0.25) is 0 Å². The van der Waals surface area contributed by atoms with Crippen LogP contribution in [-0.4, -0.2) is 203 Å². The van der Waals surface area contributed by atoms with Crippen LogP contribution in [0.15, 0.2) is 308 Å². The molecule has 28 atom stereocenters. The minimum atomic E-state index is -1.77. The zero-order valence-electron chi connectivity index (χ0n) is 74.6. The maximum atomic E-state index is 14.9. The number of benzene rings is 10. The van der Waals surface area contributed by atoms with E-state index in [4.69, 9.17) is 109 Å². The number of rotatable bonds is 36. The number of esters is 1. The van der Waals surface area contributed by atoms with Crippen molar-refractivity contribution < 1.29 is 124 Å². The molecule has 0 bridgehead atoms. The van der Waals surface area contributed by atoms with Crippen molar-refractivity contribution in [2.24, 2.45) is 10.5 Å². The Bertz CT molecular complexity index is 5260. The Balaban J connectivity index is 0.753. The second-order valence-corrected chi connectivity index (χ2v) is 35.3. The fourth-order valence-electron chi connectivity index (χ4n) is 17.8. The lowest BCUT2D eigenvalue weighted by molar-refractivity contribution is -0.421. The lowest BCUT2D eigenvalue weighted by atomic mass is 9.93. The summed E-state index contributed by atoms with van der Waals surface area (Å²) in [6.45, 7) is 4.75. The van der Waals surface area contributed by atoms with Gasteiger partial charge in [0.15, 0.2) is 56.4 Å². The van der Waals surface area contributed by atoms with Gasteiger partial charge in [0.05, 0.1) is 84.7 Å². The first-order chi connectivity index (χ1) is 65.7. The van der Waals surface area contributed by atoms with Gasteiger partial charge in [-0.2, -0.15) is 0 Å². The summed E-state index contributed by atoms with van der Waals surface area (Å²) < 4.78 is 164. The van der Waals surface area contributed by atoms with Crippen molar-refractivity contribution in [2.75, 3.05) is 33.0 Å². The van der Waals surface area contributed by atoms with E-state index in [-0.39, 0.29) is 79.3 Å². The molecule has 0 aromatic heterocycles. The van der Waals surface area contributed by atoms with Crippen LogP contribution < -0.4 is 0 Å². The lowest BCUT2D eigenvalue weighted by Crippen LogP contribution is -2.70. The maximum Gasteiger partial charge on any atom is 0.311 e. The van der Waals surface area contributed by atoms with E-state index >= 15 is 0 Å². The van der Waals surface area contributed by atoms with Crippen LogP contribution in [0.4, 0.5) is 0 Å². The lowest BCUT2D eigenvalue weighted by Gasteiger charge is -2.54. The van der Waals surface area contributed by atoms with Gasteiger partial charge < -0.3 is 119 Å². The van der Waals surface area contributed by atoms with Crippen LogP contribution in [0.5, 0.6) is 0 Å². The van der Waals surface area contributed by atoms with E-state index < -0.39 is 184 Å². The number of fused-ring (bicyclic) bond motifs is 3. The monoisotopic (exact) mass is 1830 g/mol. The van der Waals surface area contributed by atoms with Gasteiger partial charge in [0.2, 0.25) is 0 Å². The van der Waals surface area contributed by atoms with Gasteiger partial charge in [0.1, 0.15) is 116 Å². The van der Waals surface area contributed by atoms with E-state index in [2.05, 4.69) is 10.0 Å². The summed E-state index contributed by atoms with van der Waals surface area (Å²) in [5.74, 6) is -0.570. The van der Waals surface area contributed by atoms with Crippen molar-refractivity contribution in [1.82, 2.24) is 0 Å². The summed E-state index contributed by atoms with van der Waals surface area (Å²) in [6.07, 6.45) is -34.8. The fourth-order valence-corrected chi connectivity index (χ4v) is 17.8. The number of hydrogen-bond acceptors (Lipinski definition) is 27. The minimum absolute atomic E-state index is 0.00275. The van der Waals surface area contributed by atoms with E-state index in [1.54, 1.807) is 20.8 Å². The van der Waals surface area contributed by atoms with Crippen LogP contribution in [0.1, 0.15) is 95.3 Å². The van der Waals surface area contributed by atoms with Crippen LogP contribution in [0.25, 0.3) is 10.4 Å². The molecule has 8 aliphatic heterocycles. The van der Waals surface area contributed by atoms with Crippen molar-refractivity contribution >= 4 is 5.97 Å². The third-order valence-electron chi connectivity index (χ3n) is 24.7. The van der Waals surface area contributed by atoms with Crippen molar-refractivity contribution in [3.05, 3.63) is 369 Å². The predicted molar refractivity (Wildman–Crippen MR) is 481 cm³/mol. The molecule has 18 rings (SSSR count). The molecule has 704 valence electrons. The molecule has 29 nitrogen and oxygen atoms in total. The quantitative estimate of drug-likeness (QED) is 0.0159. The van der Waals surface area contributed by atoms with Gasteiger partial charge in [-0.1, -0.05) is 308 Å². The van der Waals surface area contributed by atoms with Crippen LogP contribution in [0.3, 0.4) is 0 Å². The average molecular weight is 1830 g/mol. The molecular formula is C105H113N3O26. The molecule has 10 aromatic carbocycles. The number of nitrogens with zero attached hydrogens (tertiary/aromatic N) is 3. The Labute approximate surface area is 778 Å². The average Bonchev–Trinajstić information content (AvgIpc) is 0.748. The Morgan fingerprint density at radius 3 is 1.04 bits per heavy atom. The molecule has 10 aromatic rings. The van der Waals surface area contributed by atoms with Gasteiger partial charge in [-0.15, -0.1) is 0 Å². The number of hydrogen-bond donors (Lipinski definition) is 2. The third kappa shape index (κ3) is 23.6. The molecule has 8 saturated heterocycles. The molecule has 2 N–H and O–H groups in total. The van der Waals surface area contributed by atoms with E-state index in [9.17, 15) is 20.5 Å². The zero-order chi connectivity index (χ0) is 91.5. The predicted octanol–water partition coefficient (Wildman–Crippen LogP) is 14.8. The third-order valence-corrected chi connectivity index (χ3v) is 24.7. The number of carbonyl (C=O) groups excluding carboxylic acids is 1. The smallest absolute Gasteiger partial charge is 0.311 e. The number of ether oxygens (including phenoxy) is 23. The van der Waals surface area contributed by atoms with Gasteiger partial charge in [-0.25, -0.2) is 0 Å². The number of aliphatic hydroxyl groups excluding tert-OH is 2. The van der Waals surface area contributed by atoms with Crippen molar-refractivity contribution in [1.29, 1.82) is 0 Å². The van der Waals surface area contributed by atoms with Gasteiger partial charge in [-0.3, -0.25) is 4.79 Å². The molecular weight excluding hydrogens is 1720 g/mol. The van der Waals surface area contributed by atoms with Gasteiger partial charge in [0, 0.05) is 21.6 Å². The fraction of sp³-hybridized carbons (Fsp3) is 0.419. The molecule has 0 saturated carbocycles. The first-order valence-electron chi connectivity index (χ1n) is 45.7. The van der Waals surface area contributed by atoms with Crippen molar-refractivity contribution in [2.45, 2.75) is 239 Å². The van der Waals surface area contributed by atoms with Crippen molar-refractivity contribution in [3.8, 4) is 0 Å². The highest BCUT2D eigenvalue weighted by Crippen LogP contribution is 2.47. The Kier molecular flexibility index (Phi) is 32.2. The molecule has 0 aliphatic carbocycles. The summed E-state index contributed by atoms with van der Waals surface area (Å²) in [6, 6.07) is 93.9. The summed E-state index contributed by atoms with van der Waals surface area (Å²) in [5, 5.41) is 29.1. The Hall–Kier alpha value is -9.98. The highest BCUT2D eigenvalue weighted by Gasteiger charge is 2.62. The summed E-state index contributed by atoms with van der Waals surface area (Å²) in [7, 11) is 0. The first-order valence-corrected chi connectivity index (χ1v) is 45.7. The van der Waals surface area contributed by atoms with Crippen LogP contribution in [0, 0.1) is 5.41 Å². The van der Waals surface area contributed by atoms with Crippen molar-refractivity contribution in [3.63, 3.8) is 0 Å². The molecule has 0 amide bonds. The summed E-state index contributed by atoms with van der Waals surface area (Å²) >= 11 is 0. The summed E-state index contributed by atoms with van der Waals surface area (Å²) in [4.78, 5) is 18.4. The van der Waals surface area contributed by atoms with Gasteiger partial charge >= 0.3 is 5.97 Å². The summed E-state index contributed by atoms with van der Waals surface area (Å²) in [5.41, 5.74) is 17.7. The topological polar surface area (TPSA) is 319 Å². The van der Waals surface area contributed by atoms with Crippen LogP contribution in [-0.2, 0) is 160 Å². The van der Waals surface area contributed by atoms with E-state index in [0.29, 0.717) is 16.7 Å². The van der Waals surface area contributed by atoms with Gasteiger partial charge in [0.25, 0.3) is 0 Å². The second-order valence-electron chi connectivity index (χ2n) is 35.3. The highest BCUT2D eigenvalue weighted by atomic mass is 16.8. The Morgan fingerprint density at radius 2 is 0.634 bits per heavy atom. The first kappa shape index (κ1) is 94.4. The van der Waals surface area contributed by atoms with E-state index in [0.717, 1.165) is 38.9 Å². The molecule has 0 spiro atoms. The largest absolute Gasteiger partial charge is 0.454 e. The minimum Gasteiger partial charge on any atom is -0.454 e. The molecule has 8 heterocycles. The maximum absolute atomic E-state index is 14.9. The number of aliphatic hydroxyl groups is 2. The highest BCUT2D eigenvalue weighted by molar-refractivity contribution is 5.75. The molecule has 29 heteroatoms. The standard InChI is InChI=1S/C105H113N3O26/c1-105(2,3)104(111)134-95-91(115-57-69-40-20-7-21-41-69)87(76(61-112-54-66-34-14-4-15-35-66)124-101(95)118-60-72-46-26-10-27-47-72)131-102-93(116-58-70-42-22-8-23-43-70)90(114-56-68-38-18-6-19-39-68)86(77(125-102)62-113-55-67-36-16-5-17-37-67)130-103-94(117-59-71-44-24-9-25-45-71)92(88-80(126-103)65-121-98(129-88)75-52-32-13-33-53-75)133-99-81(107-108-106)89(85-79(122-99)64-120-97(128-85)74-50-30-12-31-51-74)132-100-83(110)82(109)84-78(123-100)63-119-96(127-84)73-48-28-11-29-49-73/h4-53,76-103,109-110H,54-65H2,1-3H3/t76-,77-,78-,79-,80-,81-,82-,83-,84+,85+,86+,87-,88+,89-,90+,91+,92+,93-,94-,95-,96+,97+,98+,99+,100+,101-,102+,103-/m1/s1. The van der Waals surface area contributed by atoms with Crippen LogP contribution >= 0.6 is 0 Å². The number of azide groups is 1. The van der Waals surface area contributed by atoms with E-state index in [1.165, 1.54) is 0 Å². The molecule has 134 heavy (non-hydrogen) atoms. The molecule has 0 unspecified atom stereocenters. The molecule has 8 aliphatic rings. The van der Waals surface area contributed by atoms with E-state index in [1.807, 2.05) is 303 Å². The zero-order valence-corrected chi connectivity index (χ0v) is 74.6.